The van der Waals surface area contributed by atoms with Crippen LogP contribution in [-0.2, 0) is 0 Å². The summed E-state index contributed by atoms with van der Waals surface area (Å²) in [7, 11) is 2.17. The van der Waals surface area contributed by atoms with E-state index in [4.69, 9.17) is 4.74 Å². The van der Waals surface area contributed by atoms with Gasteiger partial charge in [0.15, 0.2) is 0 Å². The third-order valence-electron chi connectivity index (χ3n) is 8.31. The van der Waals surface area contributed by atoms with Crippen molar-refractivity contribution in [2.45, 2.75) is 110 Å². The van der Waals surface area contributed by atoms with E-state index in [0.29, 0.717) is 17.1 Å². The van der Waals surface area contributed by atoms with E-state index in [1.54, 1.807) is 6.08 Å². The van der Waals surface area contributed by atoms with Gasteiger partial charge in [-0.05, 0) is 42.3 Å². The monoisotopic (exact) mass is 577 g/mol. The number of fused-ring (bicyclic) bond motifs is 1. The van der Waals surface area contributed by atoms with Crippen molar-refractivity contribution in [2.24, 2.45) is 0 Å². The Balaban J connectivity index is 1.30. The molecule has 0 bridgehead atoms. The molecule has 2 aromatic carbocycles. The van der Waals surface area contributed by atoms with Crippen molar-refractivity contribution in [1.29, 1.82) is 10.5 Å². The molecule has 3 rings (SSSR count). The van der Waals surface area contributed by atoms with E-state index in [-0.39, 0.29) is 5.57 Å². The van der Waals surface area contributed by atoms with Crippen LogP contribution in [0.2, 0.25) is 0 Å². The lowest BCUT2D eigenvalue weighted by Crippen LogP contribution is -2.18. The minimum Gasteiger partial charge on any atom is -0.457 e. The van der Waals surface area contributed by atoms with E-state index >= 15 is 0 Å². The average molecular weight is 578 g/mol. The number of rotatable bonds is 20. The summed E-state index contributed by atoms with van der Waals surface area (Å²) in [5, 5.41) is 18.8. The summed E-state index contributed by atoms with van der Waals surface area (Å²) >= 11 is 0. The van der Waals surface area contributed by atoms with Crippen LogP contribution in [0.4, 0.5) is 5.69 Å². The molecule has 43 heavy (non-hydrogen) atoms. The van der Waals surface area contributed by atoms with Crippen LogP contribution in [0.5, 0.6) is 5.75 Å². The highest BCUT2D eigenvalue weighted by molar-refractivity contribution is 5.87. The van der Waals surface area contributed by atoms with Crippen LogP contribution in [0.1, 0.15) is 121 Å². The lowest BCUT2D eigenvalue weighted by molar-refractivity contribution is 0.439. The van der Waals surface area contributed by atoms with E-state index in [1.807, 2.05) is 48.6 Å². The van der Waals surface area contributed by atoms with Crippen molar-refractivity contribution < 1.29 is 4.74 Å². The van der Waals surface area contributed by atoms with Gasteiger partial charge in [-0.2, -0.15) is 10.5 Å². The largest absolute Gasteiger partial charge is 0.457 e. The van der Waals surface area contributed by atoms with Crippen LogP contribution in [0, 0.1) is 22.7 Å². The lowest BCUT2D eigenvalue weighted by Gasteiger charge is -2.19. The van der Waals surface area contributed by atoms with Crippen molar-refractivity contribution in [3.63, 3.8) is 0 Å². The van der Waals surface area contributed by atoms with Gasteiger partial charge < -0.3 is 9.64 Å². The van der Waals surface area contributed by atoms with Gasteiger partial charge in [-0.3, -0.25) is 0 Å². The molecule has 0 amide bonds. The third kappa shape index (κ3) is 12.2. The fourth-order valence-corrected chi connectivity index (χ4v) is 5.63. The summed E-state index contributed by atoms with van der Waals surface area (Å²) in [6, 6.07) is 20.0. The fourth-order valence-electron chi connectivity index (χ4n) is 5.63. The van der Waals surface area contributed by atoms with Crippen LogP contribution in [-0.4, -0.2) is 13.6 Å². The maximum absolute atomic E-state index is 9.42. The van der Waals surface area contributed by atoms with E-state index in [1.165, 1.54) is 108 Å². The van der Waals surface area contributed by atoms with Crippen LogP contribution in [0.25, 0.3) is 11.6 Å². The normalized spacial score (nSPS) is 12.3. The number of hydrogen-bond acceptors (Lipinski definition) is 4. The second-order valence-corrected chi connectivity index (χ2v) is 11.8. The Hall–Kier alpha value is -3.76. The molecule has 0 aromatic heterocycles. The summed E-state index contributed by atoms with van der Waals surface area (Å²) in [5.41, 5.74) is 3.72. The molecule has 0 unspecified atom stereocenters. The van der Waals surface area contributed by atoms with Crippen LogP contribution in [0.15, 0.2) is 72.0 Å². The molecule has 1 aliphatic heterocycles. The Bertz CT molecular complexity index is 1260. The molecule has 4 nitrogen and oxygen atoms in total. The van der Waals surface area contributed by atoms with E-state index in [0.717, 1.165) is 17.7 Å². The molecule has 0 saturated carbocycles. The molecule has 0 fully saturated rings. The molecule has 0 atom stereocenters. The maximum Gasteiger partial charge on any atom is 0.137 e. The molecular formula is C39H51N3O. The Kier molecular flexibility index (Phi) is 15.8. The summed E-state index contributed by atoms with van der Waals surface area (Å²) in [6.45, 7) is 3.36. The standard InChI is InChI=1S/C39H51N3O/c1-3-4-5-6-7-8-9-10-11-12-13-14-15-16-17-20-29-42(2)35-26-23-33(24-27-35)25-28-36-30-38(34(31-40)32-41)37-21-18-19-22-39(37)43-36/h18-19,21-28,30H,3-17,20,29H2,1-2H3/b28-25+. The molecule has 0 aliphatic carbocycles. The number of benzene rings is 2. The van der Waals surface area contributed by atoms with Crippen molar-refractivity contribution in [3.8, 4) is 17.9 Å². The van der Waals surface area contributed by atoms with Crippen LogP contribution in [0.3, 0.4) is 0 Å². The first kappa shape index (κ1) is 33.7. The van der Waals surface area contributed by atoms with Crippen LogP contribution < -0.4 is 9.64 Å². The lowest BCUT2D eigenvalue weighted by atomic mass is 9.97. The minimum absolute atomic E-state index is 0.0818. The first-order valence-corrected chi connectivity index (χ1v) is 16.7. The van der Waals surface area contributed by atoms with Gasteiger partial charge in [-0.1, -0.05) is 140 Å². The van der Waals surface area contributed by atoms with Crippen LogP contribution >= 0.6 is 0 Å². The summed E-state index contributed by atoms with van der Waals surface area (Å²) < 4.78 is 6.02. The van der Waals surface area contributed by atoms with Gasteiger partial charge in [0.2, 0.25) is 0 Å². The Morgan fingerprint density at radius 2 is 1.23 bits per heavy atom. The number of nitrogens with zero attached hydrogens (tertiary/aromatic N) is 3. The molecule has 228 valence electrons. The summed E-state index contributed by atoms with van der Waals surface area (Å²) in [6.07, 6.45) is 27.9. The van der Waals surface area contributed by atoms with Crippen molar-refractivity contribution in [1.82, 2.24) is 0 Å². The highest BCUT2D eigenvalue weighted by atomic mass is 16.5. The van der Waals surface area contributed by atoms with Gasteiger partial charge in [0, 0.05) is 30.4 Å². The number of hydrogen-bond donors (Lipinski definition) is 0. The second-order valence-electron chi connectivity index (χ2n) is 11.8. The Labute approximate surface area is 261 Å². The quantitative estimate of drug-likeness (QED) is 0.116. The molecule has 0 spiro atoms. The zero-order valence-corrected chi connectivity index (χ0v) is 26.6. The zero-order chi connectivity index (χ0) is 30.5. The van der Waals surface area contributed by atoms with Gasteiger partial charge in [0.05, 0.1) is 0 Å². The summed E-state index contributed by atoms with van der Waals surface area (Å²) in [5.74, 6) is 1.25. The van der Waals surface area contributed by atoms with Crippen molar-refractivity contribution >= 4 is 17.3 Å². The number of unbranched alkanes of at least 4 members (excludes halogenated alkanes) is 15. The highest BCUT2D eigenvalue weighted by Gasteiger charge is 2.18. The first-order valence-electron chi connectivity index (χ1n) is 16.7. The number of ether oxygens (including phenoxy) is 1. The number of para-hydroxylation sites is 1. The number of nitriles is 2. The molecular weight excluding hydrogens is 526 g/mol. The maximum atomic E-state index is 9.42. The van der Waals surface area contributed by atoms with E-state index < -0.39 is 0 Å². The summed E-state index contributed by atoms with van der Waals surface area (Å²) in [4.78, 5) is 2.34. The molecule has 4 heteroatoms. The van der Waals surface area contributed by atoms with E-state index in [2.05, 4.69) is 43.1 Å². The Morgan fingerprint density at radius 3 is 1.79 bits per heavy atom. The van der Waals surface area contributed by atoms with Gasteiger partial charge in [-0.25, -0.2) is 0 Å². The fraction of sp³-hybridized carbons (Fsp3) is 0.487. The molecule has 1 heterocycles. The SMILES string of the molecule is CCCCCCCCCCCCCCCCCCN(C)c1ccc(/C=C/C2=CC(=C(C#N)C#N)c3ccccc3O2)cc1. The number of allylic oxidation sites excluding steroid dienone is 4. The molecule has 1 aliphatic rings. The van der Waals surface area contributed by atoms with E-state index in [9.17, 15) is 10.5 Å². The van der Waals surface area contributed by atoms with Gasteiger partial charge in [0.25, 0.3) is 0 Å². The average Bonchev–Trinajstić information content (AvgIpc) is 3.04. The second kappa shape index (κ2) is 20.2. The van der Waals surface area contributed by atoms with Crippen molar-refractivity contribution in [2.75, 3.05) is 18.5 Å². The molecule has 2 aromatic rings. The minimum atomic E-state index is 0.0818. The highest BCUT2D eigenvalue weighted by Crippen LogP contribution is 2.35. The molecule has 0 saturated heterocycles. The topological polar surface area (TPSA) is 60.0 Å². The predicted molar refractivity (Wildman–Crippen MR) is 182 cm³/mol. The molecule has 0 radical (unpaired) electrons. The first-order chi connectivity index (χ1) is 21.2. The van der Waals surface area contributed by atoms with Crippen molar-refractivity contribution in [3.05, 3.63) is 83.1 Å². The third-order valence-corrected chi connectivity index (χ3v) is 8.31. The Morgan fingerprint density at radius 1 is 0.698 bits per heavy atom. The molecule has 0 N–H and O–H groups in total. The number of anilines is 1. The zero-order valence-electron chi connectivity index (χ0n) is 26.6. The van der Waals surface area contributed by atoms with Gasteiger partial charge in [0.1, 0.15) is 29.2 Å². The van der Waals surface area contributed by atoms with Gasteiger partial charge >= 0.3 is 0 Å². The predicted octanol–water partition coefficient (Wildman–Crippen LogP) is 11.2. The smallest absolute Gasteiger partial charge is 0.137 e. The van der Waals surface area contributed by atoms with Gasteiger partial charge in [-0.15, -0.1) is 0 Å².